The summed E-state index contributed by atoms with van der Waals surface area (Å²) in [6.45, 7) is 6.36. The molecule has 0 aliphatic carbocycles. The highest BCUT2D eigenvalue weighted by Gasteiger charge is 2.46. The number of hydrogen-bond donors (Lipinski definition) is 1. The van der Waals surface area contributed by atoms with Gasteiger partial charge in [0.15, 0.2) is 0 Å². The van der Waals surface area contributed by atoms with E-state index in [2.05, 4.69) is 17.3 Å². The molecule has 1 aromatic carbocycles. The molecule has 1 aliphatic heterocycles. The van der Waals surface area contributed by atoms with Crippen molar-refractivity contribution in [3.8, 4) is 5.75 Å². The Bertz CT molecular complexity index is 598. The molecule has 1 heterocycles. The molecule has 1 atom stereocenters. The zero-order valence-electron chi connectivity index (χ0n) is 13.8. The molecule has 0 bridgehead atoms. The number of imide groups is 1. The predicted molar refractivity (Wildman–Crippen MR) is 88.5 cm³/mol. The molecule has 6 nitrogen and oxygen atoms in total. The molecular formula is C17H23N3O3. The summed E-state index contributed by atoms with van der Waals surface area (Å²) in [5.41, 5.74) is -0.0793. The van der Waals surface area contributed by atoms with Crippen molar-refractivity contribution in [3.63, 3.8) is 0 Å². The number of ether oxygens (including phenoxy) is 1. The van der Waals surface area contributed by atoms with Crippen LogP contribution < -0.4 is 10.1 Å². The Kier molecular flexibility index (Phi) is 5.36. The first-order valence-corrected chi connectivity index (χ1v) is 7.93. The van der Waals surface area contributed by atoms with Crippen molar-refractivity contribution in [1.82, 2.24) is 10.3 Å². The summed E-state index contributed by atoms with van der Waals surface area (Å²) >= 11 is 0. The smallest absolute Gasteiger partial charge is 0.346 e. The summed E-state index contributed by atoms with van der Waals surface area (Å²) in [5.74, 6) is 0.463. The van der Waals surface area contributed by atoms with Crippen molar-refractivity contribution < 1.29 is 14.3 Å². The number of unbranched alkanes of at least 4 members (excludes halogenated alkanes) is 1. The lowest BCUT2D eigenvalue weighted by molar-refractivity contribution is -0.130. The zero-order chi connectivity index (χ0) is 16.9. The molecule has 2 rings (SSSR count). The summed E-state index contributed by atoms with van der Waals surface area (Å²) < 4.78 is 5.58. The molecule has 1 N–H and O–H groups in total. The number of benzene rings is 1. The second-order valence-electron chi connectivity index (χ2n) is 5.75. The van der Waals surface area contributed by atoms with E-state index in [0.29, 0.717) is 13.0 Å². The maximum absolute atomic E-state index is 12.2. The van der Waals surface area contributed by atoms with Gasteiger partial charge in [-0.25, -0.2) is 4.79 Å². The fourth-order valence-corrected chi connectivity index (χ4v) is 2.12. The van der Waals surface area contributed by atoms with Crippen molar-refractivity contribution in [2.24, 2.45) is 5.10 Å². The average molecular weight is 317 g/mol. The SMILES string of the molecule is CCCCOc1ccc(/C=N\N2C(=O)N[C@](C)(CC)C2=O)cc1. The number of nitrogens with zero attached hydrogens (tertiary/aromatic N) is 2. The van der Waals surface area contributed by atoms with E-state index in [1.54, 1.807) is 6.92 Å². The maximum atomic E-state index is 12.2. The first-order valence-electron chi connectivity index (χ1n) is 7.93. The molecule has 0 spiro atoms. The molecule has 23 heavy (non-hydrogen) atoms. The lowest BCUT2D eigenvalue weighted by atomic mass is 10.00. The fourth-order valence-electron chi connectivity index (χ4n) is 2.12. The van der Waals surface area contributed by atoms with Crippen LogP contribution in [0, 0.1) is 0 Å². The normalized spacial score (nSPS) is 21.1. The highest BCUT2D eigenvalue weighted by Crippen LogP contribution is 2.21. The van der Waals surface area contributed by atoms with Crippen molar-refractivity contribution in [1.29, 1.82) is 0 Å². The molecule has 0 radical (unpaired) electrons. The predicted octanol–water partition coefficient (Wildman–Crippen LogP) is 2.92. The number of amides is 3. The molecule has 124 valence electrons. The van der Waals surface area contributed by atoms with Crippen LogP contribution in [-0.4, -0.2) is 35.3 Å². The van der Waals surface area contributed by atoms with Crippen LogP contribution in [-0.2, 0) is 4.79 Å². The van der Waals surface area contributed by atoms with Gasteiger partial charge in [0.05, 0.1) is 12.8 Å². The van der Waals surface area contributed by atoms with E-state index in [4.69, 9.17) is 4.74 Å². The Labute approximate surface area is 136 Å². The van der Waals surface area contributed by atoms with Crippen LogP contribution in [0.25, 0.3) is 0 Å². The number of rotatable bonds is 7. The zero-order valence-corrected chi connectivity index (χ0v) is 13.8. The molecule has 1 aliphatic rings. The summed E-state index contributed by atoms with van der Waals surface area (Å²) in [6, 6.07) is 6.87. The van der Waals surface area contributed by atoms with Gasteiger partial charge in [-0.1, -0.05) is 20.3 Å². The number of nitrogens with one attached hydrogen (secondary N) is 1. The molecular weight excluding hydrogens is 294 g/mol. The molecule has 1 aromatic rings. The van der Waals surface area contributed by atoms with Gasteiger partial charge < -0.3 is 10.1 Å². The Morgan fingerprint density at radius 2 is 1.96 bits per heavy atom. The minimum atomic E-state index is -0.870. The summed E-state index contributed by atoms with van der Waals surface area (Å²) in [5, 5.41) is 7.55. The number of hydrogen-bond acceptors (Lipinski definition) is 4. The second kappa shape index (κ2) is 7.26. The van der Waals surface area contributed by atoms with Crippen molar-refractivity contribution >= 4 is 18.2 Å². The highest BCUT2D eigenvalue weighted by atomic mass is 16.5. The van der Waals surface area contributed by atoms with Gasteiger partial charge in [-0.05, 0) is 49.6 Å². The number of urea groups is 1. The first kappa shape index (κ1) is 17.0. The highest BCUT2D eigenvalue weighted by molar-refractivity contribution is 6.07. The Balaban J connectivity index is 2.00. The summed E-state index contributed by atoms with van der Waals surface area (Å²) in [6.07, 6.45) is 4.13. The van der Waals surface area contributed by atoms with Gasteiger partial charge in [0.2, 0.25) is 0 Å². The Morgan fingerprint density at radius 1 is 1.26 bits per heavy atom. The summed E-state index contributed by atoms with van der Waals surface area (Å²) in [4.78, 5) is 24.0. The number of hydrazone groups is 1. The molecule has 1 saturated heterocycles. The van der Waals surface area contributed by atoms with Crippen LogP contribution >= 0.6 is 0 Å². The van der Waals surface area contributed by atoms with E-state index >= 15 is 0 Å². The minimum absolute atomic E-state index is 0.333. The van der Waals surface area contributed by atoms with E-state index in [9.17, 15) is 9.59 Å². The standard InChI is InChI=1S/C17H23N3O3/c1-4-6-11-23-14-9-7-13(8-10-14)12-18-20-15(21)17(3,5-2)19-16(20)22/h7-10,12H,4-6,11H2,1-3H3,(H,19,22)/b18-12-/t17-/m1/s1. The monoisotopic (exact) mass is 317 g/mol. The quantitative estimate of drug-likeness (QED) is 0.477. The molecule has 3 amide bonds. The largest absolute Gasteiger partial charge is 0.494 e. The fraction of sp³-hybridized carbons (Fsp3) is 0.471. The topological polar surface area (TPSA) is 71.0 Å². The summed E-state index contributed by atoms with van der Waals surface area (Å²) in [7, 11) is 0. The van der Waals surface area contributed by atoms with Crippen LogP contribution in [0.15, 0.2) is 29.4 Å². The van der Waals surface area contributed by atoms with E-state index in [0.717, 1.165) is 29.2 Å². The van der Waals surface area contributed by atoms with Gasteiger partial charge in [-0.3, -0.25) is 4.79 Å². The second-order valence-corrected chi connectivity index (χ2v) is 5.75. The minimum Gasteiger partial charge on any atom is -0.494 e. The lowest BCUT2D eigenvalue weighted by Gasteiger charge is -2.17. The maximum Gasteiger partial charge on any atom is 0.346 e. The third-order valence-electron chi connectivity index (χ3n) is 3.92. The van der Waals surface area contributed by atoms with Crippen molar-refractivity contribution in [2.45, 2.75) is 45.6 Å². The van der Waals surface area contributed by atoms with Crippen LogP contribution in [0.3, 0.4) is 0 Å². The molecule has 1 fully saturated rings. The van der Waals surface area contributed by atoms with Crippen LogP contribution in [0.4, 0.5) is 4.79 Å². The number of carbonyl (C=O) groups excluding carboxylic acids is 2. The van der Waals surface area contributed by atoms with E-state index in [1.807, 2.05) is 31.2 Å². The van der Waals surface area contributed by atoms with Crippen LogP contribution in [0.5, 0.6) is 5.75 Å². The molecule has 6 heteroatoms. The van der Waals surface area contributed by atoms with Crippen LogP contribution in [0.2, 0.25) is 0 Å². The Morgan fingerprint density at radius 3 is 2.52 bits per heavy atom. The average Bonchev–Trinajstić information content (AvgIpc) is 2.77. The molecule has 0 saturated carbocycles. The number of carbonyl (C=O) groups is 2. The van der Waals surface area contributed by atoms with Crippen molar-refractivity contribution in [2.75, 3.05) is 6.61 Å². The molecule has 0 aromatic heterocycles. The van der Waals surface area contributed by atoms with Gasteiger partial charge >= 0.3 is 6.03 Å². The van der Waals surface area contributed by atoms with Gasteiger partial charge in [-0.2, -0.15) is 5.10 Å². The van der Waals surface area contributed by atoms with E-state index in [-0.39, 0.29) is 5.91 Å². The van der Waals surface area contributed by atoms with Gasteiger partial charge in [0.25, 0.3) is 5.91 Å². The van der Waals surface area contributed by atoms with Crippen molar-refractivity contribution in [3.05, 3.63) is 29.8 Å². The van der Waals surface area contributed by atoms with Gasteiger partial charge in [0.1, 0.15) is 11.3 Å². The van der Waals surface area contributed by atoms with Crippen LogP contribution in [0.1, 0.15) is 45.6 Å². The van der Waals surface area contributed by atoms with E-state index in [1.165, 1.54) is 6.21 Å². The third kappa shape index (κ3) is 3.88. The van der Waals surface area contributed by atoms with E-state index < -0.39 is 11.6 Å². The van der Waals surface area contributed by atoms with Gasteiger partial charge in [0, 0.05) is 0 Å². The van der Waals surface area contributed by atoms with Gasteiger partial charge in [-0.15, -0.1) is 5.01 Å². The first-order chi connectivity index (χ1) is 11.0. The Hall–Kier alpha value is -2.37. The lowest BCUT2D eigenvalue weighted by Crippen LogP contribution is -2.42. The third-order valence-corrected chi connectivity index (χ3v) is 3.92. The molecule has 0 unspecified atom stereocenters.